The molecular weight excluding hydrogens is 307 g/mol. The summed E-state index contributed by atoms with van der Waals surface area (Å²) in [5.41, 5.74) is 1.46. The molecule has 0 amide bonds. The van der Waals surface area contributed by atoms with Crippen molar-refractivity contribution >= 4 is 23.1 Å². The number of thioether (sulfide) groups is 1. The molecule has 2 heterocycles. The molecule has 0 aliphatic carbocycles. The van der Waals surface area contributed by atoms with Gasteiger partial charge in [-0.3, -0.25) is 5.10 Å². The van der Waals surface area contributed by atoms with Crippen LogP contribution in [0.1, 0.15) is 17.6 Å². The molecule has 0 unspecified atom stereocenters. The van der Waals surface area contributed by atoms with E-state index in [0.29, 0.717) is 22.3 Å². The lowest BCUT2D eigenvalue weighted by Crippen LogP contribution is -1.86. The number of aryl methyl sites for hydroxylation is 1. The van der Waals surface area contributed by atoms with Gasteiger partial charge in [-0.2, -0.15) is 0 Å². The number of nitrogens with one attached hydrogen (secondary N) is 1. The van der Waals surface area contributed by atoms with Crippen LogP contribution in [0.3, 0.4) is 0 Å². The van der Waals surface area contributed by atoms with Crippen LogP contribution < -0.4 is 0 Å². The van der Waals surface area contributed by atoms with E-state index in [0.717, 1.165) is 17.1 Å². The minimum Gasteiger partial charge on any atom is -0.258 e. The third-order valence-corrected chi connectivity index (χ3v) is 4.77. The van der Waals surface area contributed by atoms with Crippen molar-refractivity contribution in [2.45, 2.75) is 24.3 Å². The first-order valence-electron chi connectivity index (χ1n) is 6.49. The molecule has 0 bridgehead atoms. The summed E-state index contributed by atoms with van der Waals surface area (Å²) in [5.74, 6) is 0.853. The van der Waals surface area contributed by atoms with Crippen molar-refractivity contribution in [1.29, 1.82) is 0 Å². The molecule has 0 radical (unpaired) electrons. The van der Waals surface area contributed by atoms with Gasteiger partial charge in [0.2, 0.25) is 5.16 Å². The molecule has 3 rings (SSSR count). The van der Waals surface area contributed by atoms with Crippen LogP contribution in [0.4, 0.5) is 4.39 Å². The molecule has 1 N–H and O–H groups in total. The van der Waals surface area contributed by atoms with Gasteiger partial charge in [0.05, 0.1) is 16.3 Å². The number of H-pyrrole nitrogens is 1. The van der Waals surface area contributed by atoms with Gasteiger partial charge in [-0.1, -0.05) is 30.8 Å². The smallest absolute Gasteiger partial charge is 0.209 e. The lowest BCUT2D eigenvalue weighted by molar-refractivity contribution is 0.630. The molecule has 4 nitrogen and oxygen atoms in total. The van der Waals surface area contributed by atoms with Crippen LogP contribution in [0.25, 0.3) is 11.4 Å². The molecule has 108 valence electrons. The lowest BCUT2D eigenvalue weighted by atomic mass is 10.2. The molecular formula is C14H13FN4S2. The standard InChI is InChI=1S/C14H13FN4S2/c1-2-12-16-9(7-20-12)8-21-14-17-13(18-19-14)10-5-3-4-6-11(10)15/h3-7H,2,8H2,1H3,(H,17,18,19). The van der Waals surface area contributed by atoms with Gasteiger partial charge in [0.1, 0.15) is 5.82 Å². The molecule has 0 saturated carbocycles. The first kappa shape index (κ1) is 14.2. The zero-order valence-corrected chi connectivity index (χ0v) is 13.0. The number of rotatable bonds is 5. The summed E-state index contributed by atoms with van der Waals surface area (Å²) in [4.78, 5) is 8.81. The van der Waals surface area contributed by atoms with Gasteiger partial charge < -0.3 is 0 Å². The molecule has 21 heavy (non-hydrogen) atoms. The van der Waals surface area contributed by atoms with E-state index in [4.69, 9.17) is 0 Å². The maximum Gasteiger partial charge on any atom is 0.209 e. The summed E-state index contributed by atoms with van der Waals surface area (Å²) in [6, 6.07) is 6.51. The number of hydrogen-bond acceptors (Lipinski definition) is 5. The van der Waals surface area contributed by atoms with Crippen molar-refractivity contribution in [3.05, 3.63) is 46.2 Å². The van der Waals surface area contributed by atoms with E-state index >= 15 is 0 Å². The summed E-state index contributed by atoms with van der Waals surface area (Å²) in [6.07, 6.45) is 0.952. The zero-order valence-electron chi connectivity index (χ0n) is 11.3. The number of thiazole rings is 1. The van der Waals surface area contributed by atoms with E-state index in [-0.39, 0.29) is 5.82 Å². The van der Waals surface area contributed by atoms with E-state index in [1.54, 1.807) is 29.5 Å². The van der Waals surface area contributed by atoms with Gasteiger partial charge in [0.15, 0.2) is 5.82 Å². The summed E-state index contributed by atoms with van der Waals surface area (Å²) in [5, 5.41) is 10.7. The van der Waals surface area contributed by atoms with Crippen molar-refractivity contribution in [3.8, 4) is 11.4 Å². The maximum atomic E-state index is 13.7. The van der Waals surface area contributed by atoms with Gasteiger partial charge >= 0.3 is 0 Å². The molecule has 3 aromatic rings. The second kappa shape index (κ2) is 6.36. The molecule has 0 spiro atoms. The Morgan fingerprint density at radius 3 is 2.90 bits per heavy atom. The molecule has 0 aliphatic heterocycles. The van der Waals surface area contributed by atoms with Crippen LogP contribution in [0, 0.1) is 5.82 Å². The second-order valence-electron chi connectivity index (χ2n) is 4.32. The predicted octanol–water partition coefficient (Wildman–Crippen LogP) is 3.92. The predicted molar refractivity (Wildman–Crippen MR) is 82.8 cm³/mol. The zero-order chi connectivity index (χ0) is 14.7. The van der Waals surface area contributed by atoms with Crippen LogP contribution in [0.2, 0.25) is 0 Å². The normalized spacial score (nSPS) is 11.0. The molecule has 0 saturated heterocycles. The van der Waals surface area contributed by atoms with Crippen molar-refractivity contribution in [2.75, 3.05) is 0 Å². The molecule has 0 aliphatic rings. The topological polar surface area (TPSA) is 54.5 Å². The van der Waals surface area contributed by atoms with Gasteiger partial charge in [0.25, 0.3) is 0 Å². The Hall–Kier alpha value is -1.73. The second-order valence-corrected chi connectivity index (χ2v) is 6.21. The van der Waals surface area contributed by atoms with E-state index in [1.807, 2.05) is 0 Å². The Morgan fingerprint density at radius 2 is 2.14 bits per heavy atom. The van der Waals surface area contributed by atoms with Crippen LogP contribution in [-0.2, 0) is 12.2 Å². The first-order chi connectivity index (χ1) is 10.3. The van der Waals surface area contributed by atoms with E-state index < -0.39 is 0 Å². The van der Waals surface area contributed by atoms with E-state index in [1.165, 1.54) is 17.8 Å². The van der Waals surface area contributed by atoms with Crippen LogP contribution in [0.5, 0.6) is 0 Å². The third-order valence-electron chi connectivity index (χ3n) is 2.84. The quantitative estimate of drug-likeness (QED) is 0.724. The number of aromatic nitrogens is 4. The van der Waals surface area contributed by atoms with E-state index in [2.05, 4.69) is 32.5 Å². The highest BCUT2D eigenvalue weighted by molar-refractivity contribution is 7.98. The Morgan fingerprint density at radius 1 is 1.29 bits per heavy atom. The fraction of sp³-hybridized carbons (Fsp3) is 0.214. The number of aromatic amines is 1. The van der Waals surface area contributed by atoms with Gasteiger partial charge in [-0.25, -0.2) is 14.4 Å². The number of hydrogen-bond donors (Lipinski definition) is 1. The Kier molecular flexibility index (Phi) is 4.31. The van der Waals surface area contributed by atoms with Crippen molar-refractivity contribution in [2.24, 2.45) is 0 Å². The average molecular weight is 320 g/mol. The summed E-state index contributed by atoms with van der Waals surface area (Å²) >= 11 is 3.15. The SMILES string of the molecule is CCc1nc(CSc2n[nH]c(-c3ccccc3F)n2)cs1. The largest absolute Gasteiger partial charge is 0.258 e. The molecule has 0 fully saturated rings. The summed E-state index contributed by atoms with van der Waals surface area (Å²) in [6.45, 7) is 2.09. The van der Waals surface area contributed by atoms with E-state index in [9.17, 15) is 4.39 Å². The molecule has 1 aromatic carbocycles. The summed E-state index contributed by atoms with van der Waals surface area (Å²) in [7, 11) is 0. The fourth-order valence-corrected chi connectivity index (χ4v) is 3.34. The lowest BCUT2D eigenvalue weighted by Gasteiger charge is -1.96. The Balaban J connectivity index is 1.69. The van der Waals surface area contributed by atoms with Crippen LogP contribution in [-0.4, -0.2) is 20.2 Å². The monoisotopic (exact) mass is 320 g/mol. The van der Waals surface area contributed by atoms with Crippen molar-refractivity contribution in [3.63, 3.8) is 0 Å². The Bertz CT molecular complexity index is 738. The van der Waals surface area contributed by atoms with Crippen LogP contribution in [0.15, 0.2) is 34.8 Å². The highest BCUT2D eigenvalue weighted by Crippen LogP contribution is 2.24. The fourth-order valence-electron chi connectivity index (χ4n) is 1.80. The first-order valence-corrected chi connectivity index (χ1v) is 8.36. The van der Waals surface area contributed by atoms with Gasteiger partial charge in [-0.05, 0) is 18.6 Å². The minimum atomic E-state index is -0.308. The molecule has 0 atom stereocenters. The maximum absolute atomic E-state index is 13.7. The van der Waals surface area contributed by atoms with Gasteiger partial charge in [-0.15, -0.1) is 16.4 Å². The van der Waals surface area contributed by atoms with Crippen molar-refractivity contribution < 1.29 is 4.39 Å². The third kappa shape index (κ3) is 3.30. The highest BCUT2D eigenvalue weighted by Gasteiger charge is 2.10. The minimum absolute atomic E-state index is 0.308. The Labute approximate surface area is 129 Å². The summed E-state index contributed by atoms with van der Waals surface area (Å²) < 4.78 is 13.7. The van der Waals surface area contributed by atoms with Gasteiger partial charge in [0, 0.05) is 11.1 Å². The highest BCUT2D eigenvalue weighted by atomic mass is 32.2. The number of nitrogens with zero attached hydrogens (tertiary/aromatic N) is 3. The number of halogens is 1. The number of benzene rings is 1. The average Bonchev–Trinajstić information content (AvgIpc) is 3.14. The molecule has 7 heteroatoms. The molecule has 2 aromatic heterocycles. The van der Waals surface area contributed by atoms with Crippen LogP contribution >= 0.6 is 23.1 Å². The van der Waals surface area contributed by atoms with Crippen molar-refractivity contribution in [1.82, 2.24) is 20.2 Å².